The van der Waals surface area contributed by atoms with E-state index in [-0.39, 0.29) is 18.9 Å². The molecule has 2 aliphatic rings. The molecule has 12 atom stereocenters. The van der Waals surface area contributed by atoms with Gasteiger partial charge in [-0.2, -0.15) is 0 Å². The van der Waals surface area contributed by atoms with Crippen LogP contribution in [0.25, 0.3) is 0 Å². The summed E-state index contributed by atoms with van der Waals surface area (Å²) in [6.07, 6.45) is 66.8. The van der Waals surface area contributed by atoms with Crippen LogP contribution in [-0.4, -0.2) is 140 Å². The molecule has 14 heteroatoms. The van der Waals surface area contributed by atoms with E-state index in [0.717, 1.165) is 77.0 Å². The first-order valence-electron chi connectivity index (χ1n) is 37.7. The standard InChI is InChI=1S/C77H139NO13/c1-3-5-7-9-11-13-15-17-19-21-23-25-27-29-31-32-33-35-36-38-40-42-44-46-48-50-52-54-56-58-60-66(81)65(64-88-76-74(87)72(85)75(68(63-80)90-76)91-77-73(86)71(84)70(83)67(62-79)89-77)78-69(82)61-59-57-55-53-51-49-47-45-43-41-39-37-34-30-28-26-24-22-20-18-16-14-12-10-8-6-4-2/h6,8,12,14,18,20,24,26,30,34,58,60,65-68,70-77,79-81,83-87H,3-5,7,9-11,13,15-17,19,21-23,25,27-29,31-33,35-57,59,61-64H2,1-2H3,(H,78,82)/b8-6-,14-12-,20-18-,26-24-,34-30-,60-58+. The first kappa shape index (κ1) is 84.5. The van der Waals surface area contributed by atoms with Crippen LogP contribution in [0.15, 0.2) is 72.9 Å². The normalized spacial score (nSPS) is 23.2. The van der Waals surface area contributed by atoms with Crippen LogP contribution in [-0.2, 0) is 23.7 Å². The highest BCUT2D eigenvalue weighted by atomic mass is 16.7. The predicted molar refractivity (Wildman–Crippen MR) is 373 cm³/mol. The summed E-state index contributed by atoms with van der Waals surface area (Å²) in [6.45, 7) is 2.72. The number of carbonyl (C=O) groups is 1. The lowest BCUT2D eigenvalue weighted by Gasteiger charge is -2.46. The van der Waals surface area contributed by atoms with E-state index in [1.54, 1.807) is 6.08 Å². The molecule has 9 N–H and O–H groups in total. The molecule has 91 heavy (non-hydrogen) atoms. The maximum Gasteiger partial charge on any atom is 0.220 e. The van der Waals surface area contributed by atoms with Crippen molar-refractivity contribution in [3.63, 3.8) is 0 Å². The fourth-order valence-electron chi connectivity index (χ4n) is 12.2. The van der Waals surface area contributed by atoms with Gasteiger partial charge < -0.3 is 65.1 Å². The summed E-state index contributed by atoms with van der Waals surface area (Å²) in [6, 6.07) is -0.922. The Morgan fingerprint density at radius 2 is 0.758 bits per heavy atom. The molecule has 2 saturated heterocycles. The van der Waals surface area contributed by atoms with E-state index < -0.39 is 86.8 Å². The predicted octanol–water partition coefficient (Wildman–Crippen LogP) is 16.2. The van der Waals surface area contributed by atoms with Crippen LogP contribution in [0.3, 0.4) is 0 Å². The summed E-state index contributed by atoms with van der Waals surface area (Å²) in [4.78, 5) is 13.4. The molecule has 2 rings (SSSR count). The highest BCUT2D eigenvalue weighted by molar-refractivity contribution is 5.76. The number of nitrogens with one attached hydrogen (secondary N) is 1. The number of hydrogen-bond acceptors (Lipinski definition) is 13. The Kier molecular flexibility index (Phi) is 56.7. The average molecular weight is 1290 g/mol. The van der Waals surface area contributed by atoms with Crippen LogP contribution in [0.4, 0.5) is 0 Å². The van der Waals surface area contributed by atoms with Gasteiger partial charge in [-0.3, -0.25) is 4.79 Å². The summed E-state index contributed by atoms with van der Waals surface area (Å²) in [5, 5.41) is 87.6. The minimum atomic E-state index is -1.79. The molecule has 14 nitrogen and oxygen atoms in total. The lowest BCUT2D eigenvalue weighted by molar-refractivity contribution is -0.359. The lowest BCUT2D eigenvalue weighted by Crippen LogP contribution is -2.65. The average Bonchev–Trinajstić information content (AvgIpc) is 1.07. The van der Waals surface area contributed by atoms with Crippen LogP contribution in [0, 0.1) is 0 Å². The Labute approximate surface area is 555 Å². The van der Waals surface area contributed by atoms with Gasteiger partial charge >= 0.3 is 0 Å². The molecule has 12 unspecified atom stereocenters. The van der Waals surface area contributed by atoms with Crippen molar-refractivity contribution in [3.05, 3.63) is 72.9 Å². The number of amides is 1. The van der Waals surface area contributed by atoms with Gasteiger partial charge in [-0.1, -0.05) is 318 Å². The Balaban J connectivity index is 1.66. The quantitative estimate of drug-likeness (QED) is 0.0204. The van der Waals surface area contributed by atoms with Gasteiger partial charge in [0.1, 0.15) is 48.8 Å². The van der Waals surface area contributed by atoms with Gasteiger partial charge in [0, 0.05) is 6.42 Å². The third-order valence-electron chi connectivity index (χ3n) is 18.1. The third-order valence-corrected chi connectivity index (χ3v) is 18.1. The smallest absolute Gasteiger partial charge is 0.220 e. The Bertz CT molecular complexity index is 1800. The van der Waals surface area contributed by atoms with Crippen molar-refractivity contribution >= 4 is 5.91 Å². The molecular formula is C77H139NO13. The highest BCUT2D eigenvalue weighted by Crippen LogP contribution is 2.30. The van der Waals surface area contributed by atoms with Crippen molar-refractivity contribution in [2.24, 2.45) is 0 Å². The summed E-state index contributed by atoms with van der Waals surface area (Å²) in [7, 11) is 0. The van der Waals surface area contributed by atoms with E-state index in [1.807, 2.05) is 6.08 Å². The fraction of sp³-hybridized carbons (Fsp3) is 0.831. The molecule has 0 aromatic rings. The van der Waals surface area contributed by atoms with Gasteiger partial charge in [0.25, 0.3) is 0 Å². The second kappa shape index (κ2) is 61.1. The van der Waals surface area contributed by atoms with E-state index in [1.165, 1.54) is 212 Å². The number of rotatable bonds is 62. The molecule has 0 aromatic heterocycles. The lowest BCUT2D eigenvalue weighted by atomic mass is 9.97. The van der Waals surface area contributed by atoms with Crippen molar-refractivity contribution in [3.8, 4) is 0 Å². The Hall–Kier alpha value is -2.57. The molecule has 0 bridgehead atoms. The van der Waals surface area contributed by atoms with Gasteiger partial charge in [-0.05, 0) is 64.2 Å². The second-order valence-electron chi connectivity index (χ2n) is 26.4. The van der Waals surface area contributed by atoms with Gasteiger partial charge in [0.15, 0.2) is 12.6 Å². The van der Waals surface area contributed by atoms with Crippen molar-refractivity contribution in [2.45, 2.75) is 389 Å². The molecule has 1 amide bonds. The molecule has 530 valence electrons. The Morgan fingerprint density at radius 1 is 0.407 bits per heavy atom. The van der Waals surface area contributed by atoms with Gasteiger partial charge in [0.2, 0.25) is 5.91 Å². The van der Waals surface area contributed by atoms with Crippen LogP contribution in [0.5, 0.6) is 0 Å². The number of aliphatic hydroxyl groups excluding tert-OH is 8. The van der Waals surface area contributed by atoms with E-state index in [2.05, 4.69) is 79.9 Å². The summed E-state index contributed by atoms with van der Waals surface area (Å²) in [5.41, 5.74) is 0. The summed E-state index contributed by atoms with van der Waals surface area (Å²) >= 11 is 0. The number of unbranched alkanes of at least 4 members (excludes halogenated alkanes) is 39. The highest BCUT2D eigenvalue weighted by Gasteiger charge is 2.51. The first-order chi connectivity index (χ1) is 44.6. The number of aliphatic hydroxyl groups is 8. The van der Waals surface area contributed by atoms with E-state index in [9.17, 15) is 45.6 Å². The number of ether oxygens (including phenoxy) is 4. The maximum absolute atomic E-state index is 13.4. The van der Waals surface area contributed by atoms with Crippen LogP contribution in [0.2, 0.25) is 0 Å². The van der Waals surface area contributed by atoms with Crippen molar-refractivity contribution in [2.75, 3.05) is 19.8 Å². The summed E-state index contributed by atoms with van der Waals surface area (Å²) < 4.78 is 22.9. The minimum absolute atomic E-state index is 0.241. The zero-order chi connectivity index (χ0) is 65.9. The van der Waals surface area contributed by atoms with Gasteiger partial charge in [0.05, 0.1) is 32.0 Å². The molecule has 0 spiro atoms. The SMILES string of the molecule is CC/C=C\C/C=C\C/C=C\C/C=C\C/C=C\CCCCCCCCCCCCCC(=O)NC(COC1OC(CO)C(OC2OC(CO)C(O)C(O)C2O)C(O)C1O)C(O)/C=C/CCCCCCCCCCCCCCCCCCCCCCCCCCCCCC. The zero-order valence-electron chi connectivity index (χ0n) is 57.8. The second-order valence-corrected chi connectivity index (χ2v) is 26.4. The molecular weight excluding hydrogens is 1150 g/mol. The maximum atomic E-state index is 13.4. The first-order valence-corrected chi connectivity index (χ1v) is 37.7. The molecule has 0 saturated carbocycles. The van der Waals surface area contributed by atoms with Crippen LogP contribution in [0.1, 0.15) is 316 Å². The molecule has 0 aliphatic carbocycles. The van der Waals surface area contributed by atoms with E-state index >= 15 is 0 Å². The number of carbonyl (C=O) groups excluding carboxylic acids is 1. The van der Waals surface area contributed by atoms with E-state index in [4.69, 9.17) is 18.9 Å². The molecule has 2 heterocycles. The summed E-state index contributed by atoms with van der Waals surface area (Å²) in [5.74, 6) is -0.241. The zero-order valence-corrected chi connectivity index (χ0v) is 57.8. The monoisotopic (exact) mass is 1290 g/mol. The molecule has 0 radical (unpaired) electrons. The fourth-order valence-corrected chi connectivity index (χ4v) is 12.2. The van der Waals surface area contributed by atoms with E-state index in [0.29, 0.717) is 6.42 Å². The van der Waals surface area contributed by atoms with Crippen molar-refractivity contribution in [1.82, 2.24) is 5.32 Å². The Morgan fingerprint density at radius 3 is 1.16 bits per heavy atom. The molecule has 2 fully saturated rings. The third kappa shape index (κ3) is 44.7. The largest absolute Gasteiger partial charge is 0.394 e. The van der Waals surface area contributed by atoms with Crippen LogP contribution < -0.4 is 5.32 Å². The topological polar surface area (TPSA) is 228 Å². The van der Waals surface area contributed by atoms with Gasteiger partial charge in [-0.15, -0.1) is 0 Å². The number of hydrogen-bond donors (Lipinski definition) is 9. The van der Waals surface area contributed by atoms with Gasteiger partial charge in [-0.25, -0.2) is 0 Å². The van der Waals surface area contributed by atoms with Crippen LogP contribution >= 0.6 is 0 Å². The number of allylic oxidation sites excluding steroid dienone is 11. The molecule has 2 aliphatic heterocycles. The molecule has 0 aromatic carbocycles. The minimum Gasteiger partial charge on any atom is -0.394 e. The van der Waals surface area contributed by atoms with Crippen molar-refractivity contribution < 1.29 is 64.6 Å². The van der Waals surface area contributed by atoms with Crippen molar-refractivity contribution in [1.29, 1.82) is 0 Å².